The summed E-state index contributed by atoms with van der Waals surface area (Å²) in [7, 11) is 0. The van der Waals surface area contributed by atoms with Gasteiger partial charge in [-0.1, -0.05) is 0 Å². The van der Waals surface area contributed by atoms with Crippen LogP contribution in [0.25, 0.3) is 0 Å². The summed E-state index contributed by atoms with van der Waals surface area (Å²) >= 11 is 1.59. The maximum absolute atomic E-state index is 10.0. The molecule has 11 heavy (non-hydrogen) atoms. The summed E-state index contributed by atoms with van der Waals surface area (Å²) in [6.45, 7) is 2.02. The van der Waals surface area contributed by atoms with Crippen LogP contribution < -0.4 is 0 Å². The second kappa shape index (κ2) is 3.48. The first-order valence-corrected chi connectivity index (χ1v) is 4.23. The van der Waals surface area contributed by atoms with Gasteiger partial charge in [0.15, 0.2) is 0 Å². The van der Waals surface area contributed by atoms with E-state index < -0.39 is 0 Å². The number of hydrogen-bond acceptors (Lipinski definition) is 3. The molecule has 60 valence electrons. The van der Waals surface area contributed by atoms with Crippen molar-refractivity contribution in [1.82, 2.24) is 0 Å². The zero-order valence-electron chi connectivity index (χ0n) is 6.24. The topological polar surface area (TPSA) is 43.1 Å². The summed E-state index contributed by atoms with van der Waals surface area (Å²) in [6, 6.07) is 1.99. The molecule has 1 aromatic rings. The Labute approximate surface area is 68.8 Å². The van der Waals surface area contributed by atoms with Crippen molar-refractivity contribution in [2.75, 3.05) is 6.54 Å². The minimum absolute atomic E-state index is 0.0430. The minimum Gasteiger partial charge on any atom is -0.265 e. The van der Waals surface area contributed by atoms with Gasteiger partial charge < -0.3 is 0 Å². The first kappa shape index (κ1) is 8.20. The number of aryl methyl sites for hydroxylation is 1. The highest BCUT2D eigenvalue weighted by Crippen LogP contribution is 2.15. The molecule has 0 saturated carbocycles. The smallest absolute Gasteiger partial charge is 0.208 e. The van der Waals surface area contributed by atoms with Crippen LogP contribution in [-0.2, 0) is 6.42 Å². The molecule has 0 amide bonds. The van der Waals surface area contributed by atoms with Gasteiger partial charge in [-0.15, -0.1) is 11.3 Å². The highest BCUT2D eigenvalue weighted by molar-refractivity contribution is 7.10. The van der Waals surface area contributed by atoms with Gasteiger partial charge >= 0.3 is 0 Å². The van der Waals surface area contributed by atoms with Crippen molar-refractivity contribution >= 4 is 11.3 Å². The lowest BCUT2D eigenvalue weighted by atomic mass is 10.2. The Kier molecular flexibility index (Phi) is 2.59. The number of hydrogen-bond donors (Lipinski definition) is 0. The zero-order chi connectivity index (χ0) is 8.27. The van der Waals surface area contributed by atoms with Gasteiger partial charge in [0.25, 0.3) is 0 Å². The zero-order valence-corrected chi connectivity index (χ0v) is 7.06. The third kappa shape index (κ3) is 2.31. The third-order valence-corrected chi connectivity index (χ3v) is 2.57. The number of rotatable bonds is 3. The van der Waals surface area contributed by atoms with Gasteiger partial charge in [-0.3, -0.25) is 10.1 Å². The van der Waals surface area contributed by atoms with E-state index in [1.165, 1.54) is 0 Å². The summed E-state index contributed by atoms with van der Waals surface area (Å²) in [5.41, 5.74) is 1.16. The van der Waals surface area contributed by atoms with Crippen LogP contribution in [-0.4, -0.2) is 11.5 Å². The highest BCUT2D eigenvalue weighted by Gasteiger charge is 2.03. The van der Waals surface area contributed by atoms with E-state index in [4.69, 9.17) is 0 Å². The molecule has 0 aliphatic heterocycles. The Hall–Kier alpha value is -0.900. The standard InChI is InChI=1S/C7H9NO2S/c1-6-3-5-11-7(6)2-4-8(9)10/h3,5H,2,4H2,1H3. The molecule has 1 aromatic heterocycles. The van der Waals surface area contributed by atoms with Crippen molar-refractivity contribution in [2.24, 2.45) is 0 Å². The Bertz CT molecular complexity index is 257. The normalized spacial score (nSPS) is 9.91. The maximum atomic E-state index is 10.0. The lowest BCUT2D eigenvalue weighted by Gasteiger charge is -1.92. The molecule has 0 N–H and O–H groups in total. The van der Waals surface area contributed by atoms with E-state index in [2.05, 4.69) is 0 Å². The Morgan fingerprint density at radius 3 is 2.91 bits per heavy atom. The molecule has 0 saturated heterocycles. The van der Waals surface area contributed by atoms with Gasteiger partial charge in [-0.25, -0.2) is 0 Å². The number of nitrogens with zero attached hydrogens (tertiary/aromatic N) is 1. The molecule has 0 bridgehead atoms. The van der Waals surface area contributed by atoms with Crippen LogP contribution >= 0.6 is 11.3 Å². The van der Waals surface area contributed by atoms with E-state index in [1.807, 2.05) is 18.4 Å². The van der Waals surface area contributed by atoms with E-state index in [1.54, 1.807) is 11.3 Å². The summed E-state index contributed by atoms with van der Waals surface area (Å²) in [4.78, 5) is 10.9. The van der Waals surface area contributed by atoms with Crippen molar-refractivity contribution in [3.63, 3.8) is 0 Å². The molecule has 4 heteroatoms. The van der Waals surface area contributed by atoms with Crippen LogP contribution in [0.4, 0.5) is 0 Å². The number of thiophene rings is 1. The minimum atomic E-state index is -0.279. The molecule has 0 aliphatic carbocycles. The predicted octanol–water partition coefficient (Wildman–Crippen LogP) is 1.88. The van der Waals surface area contributed by atoms with Crippen LogP contribution in [0.5, 0.6) is 0 Å². The molecule has 1 heterocycles. The van der Waals surface area contributed by atoms with Crippen molar-refractivity contribution in [2.45, 2.75) is 13.3 Å². The van der Waals surface area contributed by atoms with E-state index in [0.717, 1.165) is 10.4 Å². The Morgan fingerprint density at radius 1 is 1.73 bits per heavy atom. The van der Waals surface area contributed by atoms with Crippen molar-refractivity contribution in [3.8, 4) is 0 Å². The second-order valence-corrected chi connectivity index (χ2v) is 3.33. The molecular formula is C7H9NO2S. The van der Waals surface area contributed by atoms with Crippen LogP contribution in [0.15, 0.2) is 11.4 Å². The largest absolute Gasteiger partial charge is 0.265 e. The molecule has 0 radical (unpaired) electrons. The first-order valence-electron chi connectivity index (χ1n) is 3.35. The van der Waals surface area contributed by atoms with Gasteiger partial charge in [0.2, 0.25) is 6.54 Å². The van der Waals surface area contributed by atoms with Gasteiger partial charge in [-0.2, -0.15) is 0 Å². The lowest BCUT2D eigenvalue weighted by Crippen LogP contribution is -2.03. The Balaban J connectivity index is 2.51. The molecule has 0 aliphatic rings. The summed E-state index contributed by atoms with van der Waals surface area (Å²) in [5, 5.41) is 12.0. The fourth-order valence-electron chi connectivity index (χ4n) is 0.853. The van der Waals surface area contributed by atoms with Gasteiger partial charge in [0, 0.05) is 16.2 Å². The quantitative estimate of drug-likeness (QED) is 0.514. The SMILES string of the molecule is Cc1ccsc1CC[N+](=O)[O-]. The van der Waals surface area contributed by atoms with Gasteiger partial charge in [0.05, 0.1) is 0 Å². The van der Waals surface area contributed by atoms with E-state index in [0.29, 0.717) is 6.42 Å². The molecule has 0 unspecified atom stereocenters. The van der Waals surface area contributed by atoms with E-state index in [9.17, 15) is 10.1 Å². The van der Waals surface area contributed by atoms with Crippen LogP contribution in [0.1, 0.15) is 10.4 Å². The monoisotopic (exact) mass is 171 g/mol. The van der Waals surface area contributed by atoms with Crippen LogP contribution in [0, 0.1) is 17.0 Å². The predicted molar refractivity (Wildman–Crippen MR) is 44.6 cm³/mol. The fourth-order valence-corrected chi connectivity index (χ4v) is 1.75. The second-order valence-electron chi connectivity index (χ2n) is 2.33. The Morgan fingerprint density at radius 2 is 2.45 bits per heavy atom. The molecule has 0 fully saturated rings. The number of nitro groups is 1. The van der Waals surface area contributed by atoms with Gasteiger partial charge in [-0.05, 0) is 23.9 Å². The molecule has 3 nitrogen and oxygen atoms in total. The molecule has 0 spiro atoms. The lowest BCUT2D eigenvalue weighted by molar-refractivity contribution is -0.479. The summed E-state index contributed by atoms with van der Waals surface area (Å²) in [5.74, 6) is 0. The van der Waals surface area contributed by atoms with Crippen molar-refractivity contribution < 1.29 is 4.92 Å². The molecule has 1 rings (SSSR count). The highest BCUT2D eigenvalue weighted by atomic mass is 32.1. The maximum Gasteiger partial charge on any atom is 0.208 e. The fraction of sp³-hybridized carbons (Fsp3) is 0.429. The first-order chi connectivity index (χ1) is 5.20. The van der Waals surface area contributed by atoms with Crippen LogP contribution in [0.3, 0.4) is 0 Å². The average Bonchev–Trinajstić information content (AvgIpc) is 2.31. The molecular weight excluding hydrogens is 162 g/mol. The third-order valence-electron chi connectivity index (χ3n) is 1.49. The van der Waals surface area contributed by atoms with Gasteiger partial charge in [0.1, 0.15) is 0 Å². The summed E-state index contributed by atoms with van der Waals surface area (Å²) in [6.07, 6.45) is 0.566. The summed E-state index contributed by atoms with van der Waals surface area (Å²) < 4.78 is 0. The van der Waals surface area contributed by atoms with Crippen molar-refractivity contribution in [1.29, 1.82) is 0 Å². The average molecular weight is 171 g/mol. The molecule has 0 atom stereocenters. The van der Waals surface area contributed by atoms with E-state index >= 15 is 0 Å². The van der Waals surface area contributed by atoms with Crippen LogP contribution in [0.2, 0.25) is 0 Å². The van der Waals surface area contributed by atoms with Crippen molar-refractivity contribution in [3.05, 3.63) is 32.0 Å². The molecule has 0 aromatic carbocycles. The van der Waals surface area contributed by atoms with E-state index in [-0.39, 0.29) is 11.5 Å².